The van der Waals surface area contributed by atoms with Crippen molar-refractivity contribution in [1.82, 2.24) is 15.1 Å². The van der Waals surface area contributed by atoms with Crippen LogP contribution in [0.25, 0.3) is 0 Å². The van der Waals surface area contributed by atoms with Crippen LogP contribution in [0.3, 0.4) is 0 Å². The first-order valence-corrected chi connectivity index (χ1v) is 12.3. The summed E-state index contributed by atoms with van der Waals surface area (Å²) in [5, 5.41) is 16.1. The summed E-state index contributed by atoms with van der Waals surface area (Å²) in [6.07, 6.45) is -1.24. The second-order valence-electron chi connectivity index (χ2n) is 7.89. The van der Waals surface area contributed by atoms with Gasteiger partial charge in [0.15, 0.2) is 9.84 Å². The molecule has 1 aromatic carbocycles. The zero-order valence-electron chi connectivity index (χ0n) is 18.4. The van der Waals surface area contributed by atoms with Gasteiger partial charge in [-0.3, -0.25) is 14.8 Å². The van der Waals surface area contributed by atoms with Gasteiger partial charge in [0.1, 0.15) is 12.4 Å². The van der Waals surface area contributed by atoms with Gasteiger partial charge in [-0.15, -0.1) is 0 Å². The Morgan fingerprint density at radius 3 is 2.58 bits per heavy atom. The van der Waals surface area contributed by atoms with E-state index in [1.807, 2.05) is 0 Å². The monoisotopic (exact) mass is 488 g/mol. The largest absolute Gasteiger partial charge is 0.480 e. The molecule has 0 aliphatic heterocycles. The zero-order valence-corrected chi connectivity index (χ0v) is 19.2. The lowest BCUT2D eigenvalue weighted by atomic mass is 9.93. The number of anilines is 1. The van der Waals surface area contributed by atoms with E-state index < -0.39 is 38.3 Å². The summed E-state index contributed by atoms with van der Waals surface area (Å²) < 4.78 is 67.8. The molecule has 0 bridgehead atoms. The summed E-state index contributed by atoms with van der Waals surface area (Å²) in [7, 11) is -4.09. The first kappa shape index (κ1) is 25.0. The Kier molecular flexibility index (Phi) is 7.37. The molecule has 0 spiro atoms. The second kappa shape index (κ2) is 9.72. The van der Waals surface area contributed by atoms with Crippen LogP contribution in [-0.4, -0.2) is 48.2 Å². The van der Waals surface area contributed by atoms with Gasteiger partial charge >= 0.3 is 12.1 Å². The lowest BCUT2D eigenvalue weighted by Crippen LogP contribution is -2.31. The molecule has 0 amide bonds. The van der Waals surface area contributed by atoms with Gasteiger partial charge in [0, 0.05) is 36.1 Å². The van der Waals surface area contributed by atoms with Gasteiger partial charge in [-0.1, -0.05) is 0 Å². The van der Waals surface area contributed by atoms with E-state index in [-0.39, 0.29) is 18.3 Å². The van der Waals surface area contributed by atoms with E-state index in [0.29, 0.717) is 44.0 Å². The number of hydrogen-bond acceptors (Lipinski definition) is 6. The SMILES string of the molecule is CCN(CC)c1cc(C(F)(F)F)cc(S(=O)(=O)CN[C@@H]2CCCc3c2cnn3CC(=O)O)c1. The molecule has 3 rings (SSSR count). The van der Waals surface area contributed by atoms with Crippen LogP contribution in [0, 0.1) is 0 Å². The van der Waals surface area contributed by atoms with Crippen LogP contribution in [0.5, 0.6) is 0 Å². The Bertz CT molecular complexity index is 1110. The number of fused-ring (bicyclic) bond motifs is 1. The third-order valence-electron chi connectivity index (χ3n) is 5.77. The number of halogens is 3. The smallest absolute Gasteiger partial charge is 0.416 e. The van der Waals surface area contributed by atoms with E-state index in [0.717, 1.165) is 11.8 Å². The van der Waals surface area contributed by atoms with Gasteiger partial charge in [-0.25, -0.2) is 8.42 Å². The van der Waals surface area contributed by atoms with Crippen molar-refractivity contribution < 1.29 is 31.5 Å². The fourth-order valence-electron chi connectivity index (χ4n) is 4.09. The second-order valence-corrected chi connectivity index (χ2v) is 9.88. The van der Waals surface area contributed by atoms with Crippen molar-refractivity contribution in [2.75, 3.05) is 23.9 Å². The predicted octanol–water partition coefficient (Wildman–Crippen LogP) is 3.23. The highest BCUT2D eigenvalue weighted by Crippen LogP contribution is 2.35. The molecule has 0 saturated carbocycles. The van der Waals surface area contributed by atoms with E-state index in [1.54, 1.807) is 18.7 Å². The summed E-state index contributed by atoms with van der Waals surface area (Å²) in [4.78, 5) is 12.3. The Morgan fingerprint density at radius 2 is 1.97 bits per heavy atom. The molecule has 1 heterocycles. The summed E-state index contributed by atoms with van der Waals surface area (Å²) in [6.45, 7) is 4.13. The Hall–Kier alpha value is -2.60. The number of nitrogens with one attached hydrogen (secondary N) is 1. The Balaban J connectivity index is 1.87. The average molecular weight is 489 g/mol. The maximum atomic E-state index is 13.5. The summed E-state index contributed by atoms with van der Waals surface area (Å²) in [6, 6.07) is 2.51. The number of rotatable bonds is 9. The van der Waals surface area contributed by atoms with Crippen LogP contribution >= 0.6 is 0 Å². The van der Waals surface area contributed by atoms with Crippen LogP contribution in [0.1, 0.15) is 49.6 Å². The van der Waals surface area contributed by atoms with E-state index >= 15 is 0 Å². The maximum Gasteiger partial charge on any atom is 0.416 e. The number of benzene rings is 1. The number of carboxylic acids is 1. The third kappa shape index (κ3) is 5.67. The molecule has 1 aliphatic rings. The van der Waals surface area contributed by atoms with Crippen molar-refractivity contribution in [1.29, 1.82) is 0 Å². The number of carboxylic acid groups (broad SMARTS) is 1. The zero-order chi connectivity index (χ0) is 24.4. The molecule has 0 unspecified atom stereocenters. The molecule has 0 fully saturated rings. The first-order valence-electron chi connectivity index (χ1n) is 10.7. The summed E-state index contributed by atoms with van der Waals surface area (Å²) in [5.74, 6) is -1.59. The minimum Gasteiger partial charge on any atom is -0.480 e. The molecule has 0 saturated heterocycles. The van der Waals surface area contributed by atoms with Gasteiger partial charge in [0.2, 0.25) is 0 Å². The minimum absolute atomic E-state index is 0.197. The van der Waals surface area contributed by atoms with Crippen molar-refractivity contribution >= 4 is 21.5 Å². The summed E-state index contributed by atoms with van der Waals surface area (Å²) >= 11 is 0. The number of alkyl halides is 3. The fourth-order valence-corrected chi connectivity index (χ4v) is 5.28. The normalized spacial score (nSPS) is 16.5. The lowest BCUT2D eigenvalue weighted by Gasteiger charge is -2.25. The highest BCUT2D eigenvalue weighted by Gasteiger charge is 2.33. The van der Waals surface area contributed by atoms with Gasteiger partial charge in [-0.2, -0.15) is 18.3 Å². The number of nitrogens with zero attached hydrogens (tertiary/aromatic N) is 3. The summed E-state index contributed by atoms with van der Waals surface area (Å²) in [5.41, 5.74) is 0.621. The van der Waals surface area contributed by atoms with Gasteiger partial charge in [-0.05, 0) is 51.3 Å². The van der Waals surface area contributed by atoms with Crippen LogP contribution in [-0.2, 0) is 33.8 Å². The lowest BCUT2D eigenvalue weighted by molar-refractivity contribution is -0.138. The molecule has 182 valence electrons. The van der Waals surface area contributed by atoms with Gasteiger partial charge in [0.05, 0.1) is 16.7 Å². The van der Waals surface area contributed by atoms with Crippen LogP contribution in [0.2, 0.25) is 0 Å². The molecule has 12 heteroatoms. The molecule has 1 atom stereocenters. The highest BCUT2D eigenvalue weighted by molar-refractivity contribution is 7.91. The standard InChI is InChI=1S/C21H27F3N4O4S/c1-3-27(4-2)15-8-14(21(22,23)24)9-16(10-15)33(31,32)13-25-18-6-5-7-19-17(18)11-26-28(19)12-20(29)30/h8-11,18,25H,3-7,12-13H2,1-2H3,(H,29,30)/t18-/m1/s1. The number of aliphatic carboxylic acids is 1. The molecule has 8 nitrogen and oxygen atoms in total. The molecular formula is C21H27F3N4O4S. The molecular weight excluding hydrogens is 461 g/mol. The van der Waals surface area contributed by atoms with Crippen LogP contribution < -0.4 is 10.2 Å². The van der Waals surface area contributed by atoms with Crippen molar-refractivity contribution in [3.05, 3.63) is 41.2 Å². The molecule has 1 aromatic heterocycles. The molecule has 33 heavy (non-hydrogen) atoms. The third-order valence-corrected chi connectivity index (χ3v) is 7.27. The van der Waals surface area contributed by atoms with Crippen molar-refractivity contribution in [3.8, 4) is 0 Å². The van der Waals surface area contributed by atoms with Gasteiger partial charge < -0.3 is 10.0 Å². The van der Waals surface area contributed by atoms with E-state index in [2.05, 4.69) is 10.4 Å². The molecule has 1 aliphatic carbocycles. The number of hydrogen-bond donors (Lipinski definition) is 2. The average Bonchev–Trinajstić information content (AvgIpc) is 3.15. The van der Waals surface area contributed by atoms with Gasteiger partial charge in [0.25, 0.3) is 0 Å². The Morgan fingerprint density at radius 1 is 1.27 bits per heavy atom. The minimum atomic E-state index is -4.68. The predicted molar refractivity (Wildman–Crippen MR) is 116 cm³/mol. The Labute approximate surface area is 190 Å². The number of carbonyl (C=O) groups is 1. The fraction of sp³-hybridized carbons (Fsp3) is 0.524. The molecule has 2 N–H and O–H groups in total. The van der Waals surface area contributed by atoms with Crippen molar-refractivity contribution in [2.24, 2.45) is 0 Å². The van der Waals surface area contributed by atoms with E-state index in [4.69, 9.17) is 5.11 Å². The van der Waals surface area contributed by atoms with Crippen LogP contribution in [0.4, 0.5) is 18.9 Å². The number of aromatic nitrogens is 2. The topological polar surface area (TPSA) is 105 Å². The molecule has 0 radical (unpaired) electrons. The first-order chi connectivity index (χ1) is 15.5. The van der Waals surface area contributed by atoms with E-state index in [1.165, 1.54) is 16.9 Å². The molecule has 2 aromatic rings. The van der Waals surface area contributed by atoms with E-state index in [9.17, 15) is 26.4 Å². The maximum absolute atomic E-state index is 13.5. The number of sulfone groups is 1. The highest BCUT2D eigenvalue weighted by atomic mass is 32.2. The van der Waals surface area contributed by atoms with Crippen molar-refractivity contribution in [2.45, 2.75) is 56.8 Å². The van der Waals surface area contributed by atoms with Crippen LogP contribution in [0.15, 0.2) is 29.3 Å². The van der Waals surface area contributed by atoms with Crippen molar-refractivity contribution in [3.63, 3.8) is 0 Å². The quantitative estimate of drug-likeness (QED) is 0.558.